The van der Waals surface area contributed by atoms with Gasteiger partial charge in [0.2, 0.25) is 0 Å². The standard InChI is InChI=1S/C17H12N4O5S/c22-15(14-7-3-9-25-14)20-17(27)19-11-4-1-5-12(10-11)26-16-13(21(23)24)6-2-8-18-16/h1-10H,(H2,19,20,22,27). The number of hydrogen-bond acceptors (Lipinski definition) is 7. The third-order valence-corrected chi connectivity index (χ3v) is 3.43. The molecule has 0 saturated heterocycles. The number of pyridine rings is 1. The number of nitrogens with one attached hydrogen (secondary N) is 2. The second-order valence-corrected chi connectivity index (χ2v) is 5.51. The van der Waals surface area contributed by atoms with Gasteiger partial charge in [-0.05, 0) is 42.5 Å². The maximum atomic E-state index is 11.9. The Morgan fingerprint density at radius 1 is 1.22 bits per heavy atom. The Hall–Kier alpha value is -3.79. The van der Waals surface area contributed by atoms with Crippen LogP contribution in [-0.4, -0.2) is 20.9 Å². The van der Waals surface area contributed by atoms with E-state index in [2.05, 4.69) is 15.6 Å². The van der Waals surface area contributed by atoms with Crippen LogP contribution in [0.25, 0.3) is 0 Å². The van der Waals surface area contributed by atoms with Gasteiger partial charge in [0.05, 0.1) is 11.2 Å². The fourth-order valence-electron chi connectivity index (χ4n) is 2.08. The largest absolute Gasteiger partial charge is 0.459 e. The van der Waals surface area contributed by atoms with E-state index in [1.807, 2.05) is 0 Å². The molecule has 2 aromatic heterocycles. The second-order valence-electron chi connectivity index (χ2n) is 5.10. The lowest BCUT2D eigenvalue weighted by Crippen LogP contribution is -2.33. The average Bonchev–Trinajstić information content (AvgIpc) is 3.17. The Morgan fingerprint density at radius 2 is 2.07 bits per heavy atom. The van der Waals surface area contributed by atoms with Crippen molar-refractivity contribution in [1.82, 2.24) is 10.3 Å². The lowest BCUT2D eigenvalue weighted by molar-refractivity contribution is -0.386. The maximum absolute atomic E-state index is 11.9. The molecule has 2 N–H and O–H groups in total. The lowest BCUT2D eigenvalue weighted by Gasteiger charge is -2.10. The van der Waals surface area contributed by atoms with E-state index in [4.69, 9.17) is 21.4 Å². The molecule has 0 aliphatic rings. The Bertz CT molecular complexity index is 991. The van der Waals surface area contributed by atoms with Gasteiger partial charge in [-0.15, -0.1) is 0 Å². The molecule has 1 aromatic carbocycles. The summed E-state index contributed by atoms with van der Waals surface area (Å²) in [7, 11) is 0. The third kappa shape index (κ3) is 4.64. The molecular weight excluding hydrogens is 372 g/mol. The minimum atomic E-state index is -0.580. The fourth-order valence-corrected chi connectivity index (χ4v) is 2.29. The van der Waals surface area contributed by atoms with Gasteiger partial charge in [0.15, 0.2) is 10.9 Å². The van der Waals surface area contributed by atoms with E-state index in [0.717, 1.165) is 0 Å². The number of anilines is 1. The molecule has 9 nitrogen and oxygen atoms in total. The smallest absolute Gasteiger partial charge is 0.331 e. The van der Waals surface area contributed by atoms with E-state index in [-0.39, 0.29) is 22.4 Å². The summed E-state index contributed by atoms with van der Waals surface area (Å²) in [5, 5.41) is 16.4. The van der Waals surface area contributed by atoms with Gasteiger partial charge in [0.25, 0.3) is 11.8 Å². The fraction of sp³-hybridized carbons (Fsp3) is 0. The molecule has 0 saturated carbocycles. The van der Waals surface area contributed by atoms with Crippen molar-refractivity contribution in [3.8, 4) is 11.6 Å². The first kappa shape index (κ1) is 18.0. The molecule has 27 heavy (non-hydrogen) atoms. The Balaban J connectivity index is 1.68. The molecule has 0 bridgehead atoms. The Labute approximate surface area is 158 Å². The van der Waals surface area contributed by atoms with E-state index in [1.165, 1.54) is 30.7 Å². The quantitative estimate of drug-likeness (QED) is 0.390. The lowest BCUT2D eigenvalue weighted by atomic mass is 10.3. The average molecular weight is 384 g/mol. The molecular formula is C17H12N4O5S. The summed E-state index contributed by atoms with van der Waals surface area (Å²) >= 11 is 5.09. The number of rotatable bonds is 5. The van der Waals surface area contributed by atoms with Crippen LogP contribution in [0.5, 0.6) is 11.6 Å². The van der Waals surface area contributed by atoms with E-state index in [9.17, 15) is 14.9 Å². The molecule has 0 aliphatic heterocycles. The predicted octanol–water partition coefficient (Wildman–Crippen LogP) is 3.50. The zero-order valence-corrected chi connectivity index (χ0v) is 14.4. The van der Waals surface area contributed by atoms with Crippen LogP contribution in [0.2, 0.25) is 0 Å². The number of furan rings is 1. The monoisotopic (exact) mass is 384 g/mol. The zero-order valence-electron chi connectivity index (χ0n) is 13.6. The highest BCUT2D eigenvalue weighted by Gasteiger charge is 2.16. The Kier molecular flexibility index (Phi) is 5.38. The molecule has 0 unspecified atom stereocenters. The number of amides is 1. The van der Waals surface area contributed by atoms with Crippen LogP contribution in [-0.2, 0) is 0 Å². The van der Waals surface area contributed by atoms with Crippen molar-refractivity contribution in [2.75, 3.05) is 5.32 Å². The van der Waals surface area contributed by atoms with E-state index >= 15 is 0 Å². The van der Waals surface area contributed by atoms with Gasteiger partial charge in [0.1, 0.15) is 5.75 Å². The third-order valence-electron chi connectivity index (χ3n) is 3.23. The van der Waals surface area contributed by atoms with Crippen LogP contribution in [0, 0.1) is 10.1 Å². The van der Waals surface area contributed by atoms with Crippen LogP contribution in [0.15, 0.2) is 65.4 Å². The summed E-state index contributed by atoms with van der Waals surface area (Å²) in [4.78, 5) is 26.2. The summed E-state index contributed by atoms with van der Waals surface area (Å²) in [5.41, 5.74) is 0.257. The number of nitro groups is 1. The molecule has 0 spiro atoms. The van der Waals surface area contributed by atoms with Crippen LogP contribution in [0.1, 0.15) is 10.6 Å². The van der Waals surface area contributed by atoms with Gasteiger partial charge in [-0.3, -0.25) is 20.2 Å². The number of aromatic nitrogens is 1. The molecule has 3 rings (SSSR count). The molecule has 0 fully saturated rings. The van der Waals surface area contributed by atoms with Crippen LogP contribution >= 0.6 is 12.2 Å². The zero-order chi connectivity index (χ0) is 19.2. The minimum Gasteiger partial charge on any atom is -0.459 e. The number of nitrogens with zero attached hydrogens (tertiary/aromatic N) is 2. The van der Waals surface area contributed by atoms with Gasteiger partial charge in [0, 0.05) is 24.0 Å². The highest BCUT2D eigenvalue weighted by atomic mass is 32.1. The normalized spacial score (nSPS) is 10.1. The van der Waals surface area contributed by atoms with Gasteiger partial charge >= 0.3 is 5.69 Å². The molecule has 3 aromatic rings. The summed E-state index contributed by atoms with van der Waals surface area (Å²) in [6.07, 6.45) is 2.77. The molecule has 0 radical (unpaired) electrons. The number of carbonyl (C=O) groups is 1. The minimum absolute atomic E-state index is 0.0531. The van der Waals surface area contributed by atoms with Crippen LogP contribution in [0.3, 0.4) is 0 Å². The summed E-state index contributed by atoms with van der Waals surface area (Å²) < 4.78 is 10.5. The highest BCUT2D eigenvalue weighted by Crippen LogP contribution is 2.29. The van der Waals surface area contributed by atoms with E-state index in [0.29, 0.717) is 11.4 Å². The second kappa shape index (κ2) is 8.06. The number of carbonyl (C=O) groups excluding carboxylic acids is 1. The SMILES string of the molecule is O=C(NC(=S)Nc1cccc(Oc2ncccc2[N+](=O)[O-])c1)c1ccco1. The van der Waals surface area contributed by atoms with Gasteiger partial charge in [-0.25, -0.2) is 4.98 Å². The molecule has 2 heterocycles. The van der Waals surface area contributed by atoms with Crippen LogP contribution < -0.4 is 15.4 Å². The van der Waals surface area contributed by atoms with E-state index in [1.54, 1.807) is 30.3 Å². The first-order valence-corrected chi connectivity index (χ1v) is 7.97. The maximum Gasteiger partial charge on any atom is 0.331 e. The van der Waals surface area contributed by atoms with E-state index < -0.39 is 10.8 Å². The van der Waals surface area contributed by atoms with Crippen molar-refractivity contribution >= 4 is 34.6 Å². The van der Waals surface area contributed by atoms with Crippen LogP contribution in [0.4, 0.5) is 11.4 Å². The summed E-state index contributed by atoms with van der Waals surface area (Å²) in [6, 6.07) is 12.3. The van der Waals surface area contributed by atoms with Crippen molar-refractivity contribution in [2.45, 2.75) is 0 Å². The number of hydrogen-bond donors (Lipinski definition) is 2. The predicted molar refractivity (Wildman–Crippen MR) is 99.8 cm³/mol. The van der Waals surface area contributed by atoms with Gasteiger partial charge < -0.3 is 14.5 Å². The van der Waals surface area contributed by atoms with Crippen molar-refractivity contribution in [2.24, 2.45) is 0 Å². The first-order chi connectivity index (χ1) is 13.0. The first-order valence-electron chi connectivity index (χ1n) is 7.56. The highest BCUT2D eigenvalue weighted by molar-refractivity contribution is 7.80. The molecule has 10 heteroatoms. The van der Waals surface area contributed by atoms with Crippen molar-refractivity contribution in [3.63, 3.8) is 0 Å². The summed E-state index contributed by atoms with van der Waals surface area (Å²) in [5.74, 6) is -0.192. The Morgan fingerprint density at radius 3 is 2.81 bits per heavy atom. The van der Waals surface area contributed by atoms with Crippen molar-refractivity contribution < 1.29 is 18.9 Å². The molecule has 0 aliphatic carbocycles. The van der Waals surface area contributed by atoms with Crippen molar-refractivity contribution in [3.05, 3.63) is 76.9 Å². The molecule has 136 valence electrons. The van der Waals surface area contributed by atoms with Gasteiger partial charge in [-0.1, -0.05) is 6.07 Å². The van der Waals surface area contributed by atoms with Gasteiger partial charge in [-0.2, -0.15) is 0 Å². The number of benzene rings is 1. The van der Waals surface area contributed by atoms with Crippen molar-refractivity contribution in [1.29, 1.82) is 0 Å². The number of thiocarbonyl (C=S) groups is 1. The molecule has 0 atom stereocenters. The number of ether oxygens (including phenoxy) is 1. The summed E-state index contributed by atoms with van der Waals surface area (Å²) in [6.45, 7) is 0. The molecule has 1 amide bonds. The topological polar surface area (TPSA) is 120 Å².